The fourth-order valence-electron chi connectivity index (χ4n) is 3.09. The van der Waals surface area contributed by atoms with Crippen molar-refractivity contribution in [2.45, 2.75) is 4.90 Å². The summed E-state index contributed by atoms with van der Waals surface area (Å²) in [6.45, 7) is 1.59. The molecule has 1 heterocycles. The topological polar surface area (TPSA) is 110 Å². The van der Waals surface area contributed by atoms with E-state index in [2.05, 4.69) is 0 Å². The number of nitro groups is 1. The molecule has 0 amide bonds. The van der Waals surface area contributed by atoms with E-state index in [1.165, 1.54) is 18.2 Å². The molecule has 3 rings (SSSR count). The molecule has 0 atom stereocenters. The van der Waals surface area contributed by atoms with Gasteiger partial charge >= 0.3 is 5.69 Å². The van der Waals surface area contributed by atoms with Crippen LogP contribution < -0.4 is 14.9 Å². The van der Waals surface area contributed by atoms with Crippen LogP contribution in [-0.4, -0.2) is 39.5 Å². The van der Waals surface area contributed by atoms with Gasteiger partial charge in [0.25, 0.3) is 0 Å². The zero-order valence-corrected chi connectivity index (χ0v) is 14.5. The van der Waals surface area contributed by atoms with Gasteiger partial charge in [0, 0.05) is 26.2 Å². The monoisotopic (exact) mass is 380 g/mol. The highest BCUT2D eigenvalue weighted by atomic mass is 32.2. The number of hydrogen-bond acceptors (Lipinski definition) is 6. The SMILES string of the molecule is NS(=O)(=O)c1ccccc1N1CCN(c2cccc(F)c2[N+](=O)[O-])CC1. The fourth-order valence-corrected chi connectivity index (χ4v) is 3.84. The van der Waals surface area contributed by atoms with Gasteiger partial charge in [-0.2, -0.15) is 4.39 Å². The number of benzene rings is 2. The van der Waals surface area contributed by atoms with Crippen molar-refractivity contribution in [1.82, 2.24) is 0 Å². The third-order valence-electron chi connectivity index (χ3n) is 4.28. The van der Waals surface area contributed by atoms with E-state index >= 15 is 0 Å². The van der Waals surface area contributed by atoms with Crippen LogP contribution >= 0.6 is 0 Å². The smallest absolute Gasteiger partial charge is 0.327 e. The fraction of sp³-hybridized carbons (Fsp3) is 0.250. The highest BCUT2D eigenvalue weighted by molar-refractivity contribution is 7.89. The molecular weight excluding hydrogens is 363 g/mol. The lowest BCUT2D eigenvalue weighted by atomic mass is 10.2. The molecular formula is C16H17FN4O4S. The van der Waals surface area contributed by atoms with Gasteiger partial charge in [-0.1, -0.05) is 18.2 Å². The third-order valence-corrected chi connectivity index (χ3v) is 5.24. The number of hydrogen-bond donors (Lipinski definition) is 1. The molecule has 0 bridgehead atoms. The molecule has 138 valence electrons. The van der Waals surface area contributed by atoms with Crippen molar-refractivity contribution in [2.24, 2.45) is 5.14 Å². The molecule has 0 unspecified atom stereocenters. The molecule has 10 heteroatoms. The van der Waals surface area contributed by atoms with Crippen molar-refractivity contribution >= 4 is 27.1 Å². The molecule has 0 aliphatic carbocycles. The quantitative estimate of drug-likeness (QED) is 0.639. The van der Waals surface area contributed by atoms with Crippen molar-refractivity contribution in [3.63, 3.8) is 0 Å². The highest BCUT2D eigenvalue weighted by Gasteiger charge is 2.28. The van der Waals surface area contributed by atoms with Gasteiger partial charge in [-0.3, -0.25) is 10.1 Å². The van der Waals surface area contributed by atoms with Crippen LogP contribution in [0.3, 0.4) is 0 Å². The van der Waals surface area contributed by atoms with E-state index in [4.69, 9.17) is 5.14 Å². The Hall–Kier alpha value is -2.72. The number of nitro benzene ring substituents is 1. The average molecular weight is 380 g/mol. The van der Waals surface area contributed by atoms with Crippen LogP contribution in [0.4, 0.5) is 21.5 Å². The van der Waals surface area contributed by atoms with E-state index in [0.29, 0.717) is 31.9 Å². The van der Waals surface area contributed by atoms with Gasteiger partial charge in [-0.15, -0.1) is 0 Å². The maximum absolute atomic E-state index is 13.8. The minimum Gasteiger partial charge on any atom is -0.367 e. The first-order valence-corrected chi connectivity index (χ1v) is 9.38. The van der Waals surface area contributed by atoms with Crippen LogP contribution in [-0.2, 0) is 10.0 Å². The van der Waals surface area contributed by atoms with E-state index in [1.54, 1.807) is 23.1 Å². The van der Waals surface area contributed by atoms with Crippen molar-refractivity contribution in [1.29, 1.82) is 0 Å². The molecule has 2 aromatic carbocycles. The number of para-hydroxylation sites is 2. The molecule has 26 heavy (non-hydrogen) atoms. The van der Waals surface area contributed by atoms with Crippen LogP contribution in [0.25, 0.3) is 0 Å². The Morgan fingerprint density at radius 2 is 1.50 bits per heavy atom. The Morgan fingerprint density at radius 1 is 0.962 bits per heavy atom. The summed E-state index contributed by atoms with van der Waals surface area (Å²) in [6, 6.07) is 10.4. The minimum absolute atomic E-state index is 0.0326. The summed E-state index contributed by atoms with van der Waals surface area (Å²) in [6.07, 6.45) is 0. The summed E-state index contributed by atoms with van der Waals surface area (Å²) < 4.78 is 37.3. The Morgan fingerprint density at radius 3 is 2.08 bits per heavy atom. The van der Waals surface area contributed by atoms with Gasteiger partial charge in [-0.25, -0.2) is 13.6 Å². The number of rotatable bonds is 4. The Bertz CT molecular complexity index is 943. The largest absolute Gasteiger partial charge is 0.367 e. The highest BCUT2D eigenvalue weighted by Crippen LogP contribution is 2.32. The summed E-state index contributed by atoms with van der Waals surface area (Å²) >= 11 is 0. The van der Waals surface area contributed by atoms with Crippen LogP contribution in [0.2, 0.25) is 0 Å². The zero-order valence-electron chi connectivity index (χ0n) is 13.7. The molecule has 1 saturated heterocycles. The van der Waals surface area contributed by atoms with Crippen LogP contribution in [0.5, 0.6) is 0 Å². The van der Waals surface area contributed by atoms with Crippen molar-refractivity contribution < 1.29 is 17.7 Å². The van der Waals surface area contributed by atoms with E-state index < -0.39 is 26.5 Å². The van der Waals surface area contributed by atoms with E-state index in [-0.39, 0.29) is 10.6 Å². The third kappa shape index (κ3) is 3.46. The second kappa shape index (κ2) is 6.89. The summed E-state index contributed by atoms with van der Waals surface area (Å²) in [7, 11) is -3.87. The molecule has 1 aliphatic heterocycles. The summed E-state index contributed by atoms with van der Waals surface area (Å²) in [5.74, 6) is -0.880. The summed E-state index contributed by atoms with van der Waals surface area (Å²) in [5.41, 5.74) is 0.156. The number of nitrogens with two attached hydrogens (primary N) is 1. The lowest BCUT2D eigenvalue weighted by Gasteiger charge is -2.37. The molecule has 0 radical (unpaired) electrons. The Kier molecular flexibility index (Phi) is 4.79. The maximum atomic E-state index is 13.8. The first-order chi connectivity index (χ1) is 12.3. The average Bonchev–Trinajstić information content (AvgIpc) is 2.60. The van der Waals surface area contributed by atoms with E-state index in [9.17, 15) is 22.9 Å². The zero-order chi connectivity index (χ0) is 18.9. The van der Waals surface area contributed by atoms with Gasteiger partial charge in [0.2, 0.25) is 15.8 Å². The minimum atomic E-state index is -3.87. The van der Waals surface area contributed by atoms with E-state index in [1.807, 2.05) is 4.90 Å². The van der Waals surface area contributed by atoms with Crippen molar-refractivity contribution in [3.8, 4) is 0 Å². The Balaban J connectivity index is 1.84. The molecule has 1 aliphatic rings. The number of nitrogens with zero attached hydrogens (tertiary/aromatic N) is 3. The number of anilines is 2. The normalized spacial score (nSPS) is 15.2. The first-order valence-electron chi connectivity index (χ1n) is 7.83. The van der Waals surface area contributed by atoms with Gasteiger partial charge in [-0.05, 0) is 24.3 Å². The molecule has 0 spiro atoms. The number of piperazine rings is 1. The van der Waals surface area contributed by atoms with Gasteiger partial charge in [0.1, 0.15) is 10.6 Å². The lowest BCUT2D eigenvalue weighted by molar-refractivity contribution is -0.386. The lowest BCUT2D eigenvalue weighted by Crippen LogP contribution is -2.47. The summed E-state index contributed by atoms with van der Waals surface area (Å²) in [4.78, 5) is 14.0. The van der Waals surface area contributed by atoms with Crippen LogP contribution in [0, 0.1) is 15.9 Å². The molecule has 8 nitrogen and oxygen atoms in total. The van der Waals surface area contributed by atoms with E-state index in [0.717, 1.165) is 6.07 Å². The number of sulfonamides is 1. The second-order valence-electron chi connectivity index (χ2n) is 5.85. The van der Waals surface area contributed by atoms with Gasteiger partial charge < -0.3 is 9.80 Å². The molecule has 0 saturated carbocycles. The molecule has 1 fully saturated rings. The standard InChI is InChI=1S/C16H17FN4O4S/c17-12-4-3-6-14(16(12)21(22)23)20-10-8-19(9-11-20)13-5-1-2-7-15(13)26(18,24)25/h1-7H,8-11H2,(H2,18,24,25). The molecule has 0 aromatic heterocycles. The molecule has 2 aromatic rings. The number of halogens is 1. The van der Waals surface area contributed by atoms with Gasteiger partial charge in [0.15, 0.2) is 0 Å². The maximum Gasteiger partial charge on any atom is 0.327 e. The number of primary sulfonamides is 1. The van der Waals surface area contributed by atoms with Crippen LogP contribution in [0.15, 0.2) is 47.4 Å². The van der Waals surface area contributed by atoms with Crippen LogP contribution in [0.1, 0.15) is 0 Å². The summed E-state index contributed by atoms with van der Waals surface area (Å²) in [5, 5.41) is 16.4. The predicted molar refractivity (Wildman–Crippen MR) is 95.3 cm³/mol. The van der Waals surface area contributed by atoms with Gasteiger partial charge in [0.05, 0.1) is 10.6 Å². The molecule has 2 N–H and O–H groups in total. The van der Waals surface area contributed by atoms with Crippen molar-refractivity contribution in [3.05, 3.63) is 58.4 Å². The predicted octanol–water partition coefficient (Wildman–Crippen LogP) is 1.71. The Labute approximate surface area is 149 Å². The second-order valence-corrected chi connectivity index (χ2v) is 7.38. The van der Waals surface area contributed by atoms with Crippen molar-refractivity contribution in [2.75, 3.05) is 36.0 Å². The first kappa shape index (κ1) is 18.1.